The number of hydrogen-bond donors (Lipinski definition) is 1. The Balaban J connectivity index is 1.64. The van der Waals surface area contributed by atoms with Crippen LogP contribution in [0.2, 0.25) is 10.0 Å². The zero-order valence-electron chi connectivity index (χ0n) is 24.3. The third-order valence-electron chi connectivity index (χ3n) is 7.82. The summed E-state index contributed by atoms with van der Waals surface area (Å²) < 4.78 is 0.901. The van der Waals surface area contributed by atoms with Crippen LogP contribution in [0.4, 0.5) is 11.4 Å². The van der Waals surface area contributed by atoms with E-state index >= 15 is 0 Å². The lowest BCUT2D eigenvalue weighted by atomic mass is 10.0. The van der Waals surface area contributed by atoms with E-state index in [-0.39, 0.29) is 11.9 Å². The molecule has 1 fully saturated rings. The van der Waals surface area contributed by atoms with Gasteiger partial charge in [-0.2, -0.15) is 0 Å². The molecule has 0 amide bonds. The molecule has 0 aliphatic carbocycles. The lowest BCUT2D eigenvalue weighted by Gasteiger charge is -2.44. The van der Waals surface area contributed by atoms with Crippen LogP contribution in [0.15, 0.2) is 59.1 Å². The van der Waals surface area contributed by atoms with Crippen molar-refractivity contribution in [2.24, 2.45) is 0 Å². The number of benzene rings is 3. The van der Waals surface area contributed by atoms with Gasteiger partial charge in [-0.1, -0.05) is 51.3 Å². The van der Waals surface area contributed by atoms with Gasteiger partial charge in [0.1, 0.15) is 5.75 Å². The molecule has 1 heterocycles. The van der Waals surface area contributed by atoms with E-state index in [1.54, 1.807) is 6.07 Å². The van der Waals surface area contributed by atoms with Crippen molar-refractivity contribution in [1.29, 1.82) is 0 Å². The topological polar surface area (TPSA) is 33.2 Å². The molecule has 3 aromatic carbocycles. The summed E-state index contributed by atoms with van der Waals surface area (Å²) in [7, 11) is 0. The van der Waals surface area contributed by atoms with Crippen molar-refractivity contribution in [3.05, 3.63) is 85.8 Å². The average Bonchev–Trinajstić information content (AvgIpc) is 3.00. The molecule has 0 bridgehead atoms. The highest BCUT2D eigenvalue weighted by Crippen LogP contribution is 2.39. The van der Waals surface area contributed by atoms with Crippen molar-refractivity contribution in [2.75, 3.05) is 72.6 Å². The predicted molar refractivity (Wildman–Crippen MR) is 194 cm³/mol. The molecule has 12 heteroatoms. The fraction of sp³-hybridized carbons (Fsp3) is 0.438. The van der Waals surface area contributed by atoms with Crippen LogP contribution in [-0.2, 0) is 13.1 Å². The highest BCUT2D eigenvalue weighted by atomic mass is 79.9. The molecule has 44 heavy (non-hydrogen) atoms. The molecule has 0 radical (unpaired) electrons. The Bertz CT molecular complexity index is 1280. The van der Waals surface area contributed by atoms with Gasteiger partial charge in [-0.15, -0.1) is 46.4 Å². The molecule has 3 aromatic rings. The number of anilines is 2. The molecular formula is C32H37BrCl6N4O. The van der Waals surface area contributed by atoms with Gasteiger partial charge < -0.3 is 14.9 Å². The minimum absolute atomic E-state index is 0.208. The molecule has 0 saturated carbocycles. The van der Waals surface area contributed by atoms with Crippen LogP contribution in [0.5, 0.6) is 5.75 Å². The Morgan fingerprint density at radius 2 is 1.14 bits per heavy atom. The summed E-state index contributed by atoms with van der Waals surface area (Å²) in [5.41, 5.74) is 4.83. The standard InChI is InChI=1S/C32H37BrCl6N4O/c33-25-4-7-31(44)28(18-25)32-42(21-23-2-5-26(19-29(23)38)40(14-8-34)15-9-35)12-1-13-43(32)22-24-3-6-27(20-30(24)39)41(16-10-36)17-11-37/h2-7,18-20,32,44H,1,8-17,21-22H2. The second-order valence-electron chi connectivity index (χ2n) is 10.7. The summed E-state index contributed by atoms with van der Waals surface area (Å²) >= 11 is 41.5. The highest BCUT2D eigenvalue weighted by Gasteiger charge is 2.33. The average molecular weight is 786 g/mol. The Morgan fingerprint density at radius 3 is 1.55 bits per heavy atom. The van der Waals surface area contributed by atoms with Crippen molar-refractivity contribution in [1.82, 2.24) is 9.80 Å². The van der Waals surface area contributed by atoms with Crippen molar-refractivity contribution < 1.29 is 5.11 Å². The Morgan fingerprint density at radius 1 is 0.682 bits per heavy atom. The van der Waals surface area contributed by atoms with Gasteiger partial charge in [0.05, 0.1) is 6.17 Å². The Labute approximate surface area is 299 Å². The smallest absolute Gasteiger partial charge is 0.121 e. The third-order valence-corrected chi connectivity index (χ3v) is 9.69. The van der Waals surface area contributed by atoms with Crippen molar-refractivity contribution >= 4 is 96.9 Å². The van der Waals surface area contributed by atoms with Crippen LogP contribution in [-0.4, -0.2) is 77.7 Å². The number of rotatable bonds is 15. The zero-order chi connectivity index (χ0) is 31.6. The first-order chi connectivity index (χ1) is 21.3. The van der Waals surface area contributed by atoms with Crippen molar-refractivity contribution in [3.63, 3.8) is 0 Å². The van der Waals surface area contributed by atoms with E-state index in [1.165, 1.54) is 0 Å². The lowest BCUT2D eigenvalue weighted by Crippen LogP contribution is -2.47. The van der Waals surface area contributed by atoms with E-state index in [2.05, 4.69) is 59.8 Å². The molecule has 240 valence electrons. The second kappa shape index (κ2) is 17.9. The number of halogens is 7. The van der Waals surface area contributed by atoms with Gasteiger partial charge in [-0.05, 0) is 60.0 Å². The predicted octanol–water partition coefficient (Wildman–Crippen LogP) is 9.44. The van der Waals surface area contributed by atoms with Crippen molar-refractivity contribution in [2.45, 2.75) is 25.7 Å². The van der Waals surface area contributed by atoms with Gasteiger partial charge in [-0.25, -0.2) is 0 Å². The maximum Gasteiger partial charge on any atom is 0.121 e. The first kappa shape index (κ1) is 36.0. The molecule has 0 aromatic heterocycles. The van der Waals surface area contributed by atoms with Crippen LogP contribution in [0.25, 0.3) is 0 Å². The summed E-state index contributed by atoms with van der Waals surface area (Å²) in [6.07, 6.45) is 0.746. The van der Waals surface area contributed by atoms with Crippen LogP contribution < -0.4 is 9.80 Å². The summed E-state index contributed by atoms with van der Waals surface area (Å²) in [5.74, 6) is 2.26. The van der Waals surface area contributed by atoms with Crippen LogP contribution in [0, 0.1) is 0 Å². The van der Waals surface area contributed by atoms with Gasteiger partial charge in [0.25, 0.3) is 0 Å². The van der Waals surface area contributed by atoms with Gasteiger partial charge >= 0.3 is 0 Å². The van der Waals surface area contributed by atoms with E-state index in [1.807, 2.05) is 24.3 Å². The molecule has 0 spiro atoms. The van der Waals surface area contributed by atoms with E-state index in [0.717, 1.165) is 52.0 Å². The molecule has 5 nitrogen and oxygen atoms in total. The molecule has 1 N–H and O–H groups in total. The van der Waals surface area contributed by atoms with E-state index in [4.69, 9.17) is 69.6 Å². The first-order valence-corrected chi connectivity index (χ1v) is 18.2. The number of alkyl halides is 4. The van der Waals surface area contributed by atoms with E-state index in [9.17, 15) is 5.11 Å². The number of phenols is 1. The minimum Gasteiger partial charge on any atom is -0.508 e. The SMILES string of the molecule is Oc1ccc(Br)cc1C1N(Cc2ccc(N(CCCl)CCCl)cc2Cl)CCCN1Cc1ccc(N(CCCl)CCCl)cc1Cl. The number of nitrogens with zero attached hydrogens (tertiary/aromatic N) is 4. The fourth-order valence-electron chi connectivity index (χ4n) is 5.72. The molecule has 1 aliphatic rings. The molecule has 1 saturated heterocycles. The van der Waals surface area contributed by atoms with Crippen LogP contribution in [0.1, 0.15) is 29.3 Å². The maximum atomic E-state index is 11.1. The van der Waals surface area contributed by atoms with Crippen LogP contribution in [0.3, 0.4) is 0 Å². The number of hydrogen-bond acceptors (Lipinski definition) is 5. The minimum atomic E-state index is -0.208. The molecule has 4 rings (SSSR count). The van der Waals surface area contributed by atoms with Crippen molar-refractivity contribution in [3.8, 4) is 5.75 Å². The summed E-state index contributed by atoms with van der Waals surface area (Å²) in [6, 6.07) is 17.9. The summed E-state index contributed by atoms with van der Waals surface area (Å²) in [5, 5.41) is 12.4. The van der Waals surface area contributed by atoms with E-state index in [0.29, 0.717) is 72.8 Å². The lowest BCUT2D eigenvalue weighted by molar-refractivity contribution is -0.0103. The molecule has 1 aliphatic heterocycles. The normalized spacial score (nSPS) is 14.7. The molecule has 0 unspecified atom stereocenters. The van der Waals surface area contributed by atoms with Gasteiger partial charge in [0.2, 0.25) is 0 Å². The summed E-state index contributed by atoms with van der Waals surface area (Å²) in [6.45, 7) is 5.66. The molecule has 0 atom stereocenters. The summed E-state index contributed by atoms with van der Waals surface area (Å²) in [4.78, 5) is 9.01. The molecular weight excluding hydrogens is 749 g/mol. The number of phenolic OH excluding ortho intramolecular Hbond substituents is 1. The van der Waals surface area contributed by atoms with E-state index < -0.39 is 0 Å². The zero-order valence-corrected chi connectivity index (χ0v) is 30.5. The maximum absolute atomic E-state index is 11.1. The Hall–Kier alpha value is -0.800. The van der Waals surface area contributed by atoms with Gasteiger partial charge in [0, 0.05) is 107 Å². The fourth-order valence-corrected chi connectivity index (χ4v) is 7.38. The third kappa shape index (κ3) is 9.39. The quantitative estimate of drug-likeness (QED) is 0.155. The number of aromatic hydroxyl groups is 1. The largest absolute Gasteiger partial charge is 0.508 e. The van der Waals surface area contributed by atoms with Gasteiger partial charge in [0.15, 0.2) is 0 Å². The van der Waals surface area contributed by atoms with Crippen LogP contribution >= 0.6 is 85.5 Å². The highest BCUT2D eigenvalue weighted by molar-refractivity contribution is 9.10. The second-order valence-corrected chi connectivity index (χ2v) is 13.9. The Kier molecular flexibility index (Phi) is 14.7. The first-order valence-electron chi connectivity index (χ1n) is 14.6. The monoisotopic (exact) mass is 782 g/mol. The van der Waals surface area contributed by atoms with Gasteiger partial charge in [-0.3, -0.25) is 9.80 Å².